The van der Waals surface area contributed by atoms with E-state index in [9.17, 15) is 14.0 Å². The van der Waals surface area contributed by atoms with Crippen molar-refractivity contribution in [2.75, 3.05) is 12.4 Å². The van der Waals surface area contributed by atoms with Crippen LogP contribution in [0.25, 0.3) is 0 Å². The van der Waals surface area contributed by atoms with Crippen molar-refractivity contribution < 1.29 is 18.7 Å². The number of halogens is 1. The predicted molar refractivity (Wildman–Crippen MR) is 73.0 cm³/mol. The van der Waals surface area contributed by atoms with Gasteiger partial charge in [0.05, 0.1) is 7.11 Å². The maximum atomic E-state index is 13.5. The summed E-state index contributed by atoms with van der Waals surface area (Å²) in [5, 5.41) is 4.34. The van der Waals surface area contributed by atoms with Crippen LogP contribution in [0.5, 0.6) is 5.75 Å². The van der Waals surface area contributed by atoms with E-state index in [0.717, 1.165) is 17.4 Å². The molecule has 0 unspecified atom stereocenters. The number of rotatable bonds is 4. The van der Waals surface area contributed by atoms with Crippen molar-refractivity contribution in [3.63, 3.8) is 0 Å². The van der Waals surface area contributed by atoms with E-state index in [-0.39, 0.29) is 27.9 Å². The van der Waals surface area contributed by atoms with Gasteiger partial charge >= 0.3 is 0 Å². The number of Topliss-reactive ketones (excluding diaryl/α,β-unsaturated/α-hetero) is 1. The molecular weight excluding hydrogens is 283 g/mol. The van der Waals surface area contributed by atoms with E-state index in [1.807, 2.05) is 0 Å². The molecule has 1 heterocycles. The molecule has 0 saturated carbocycles. The zero-order chi connectivity index (χ0) is 14.7. The summed E-state index contributed by atoms with van der Waals surface area (Å²) in [7, 11) is 1.34. The predicted octanol–water partition coefficient (Wildman–Crippen LogP) is 2.75. The number of carbonyl (C=O) groups excluding carboxylic acids is 2. The highest BCUT2D eigenvalue weighted by Crippen LogP contribution is 2.20. The number of thiazole rings is 1. The Morgan fingerprint density at radius 1 is 1.40 bits per heavy atom. The molecule has 7 heteroatoms. The Hall–Kier alpha value is -2.28. The molecule has 1 aromatic carbocycles. The van der Waals surface area contributed by atoms with Crippen LogP contribution in [0.4, 0.5) is 9.52 Å². The third kappa shape index (κ3) is 3.00. The lowest BCUT2D eigenvalue weighted by molar-refractivity contribution is 0.100. The Morgan fingerprint density at radius 2 is 2.15 bits per heavy atom. The number of anilines is 1. The van der Waals surface area contributed by atoms with Crippen molar-refractivity contribution in [1.82, 2.24) is 4.98 Å². The number of methoxy groups -OCH3 is 1. The van der Waals surface area contributed by atoms with Crippen LogP contribution in [-0.4, -0.2) is 23.8 Å². The minimum absolute atomic E-state index is 0.0645. The normalized spacial score (nSPS) is 10.2. The molecule has 104 valence electrons. The fourth-order valence-electron chi connectivity index (χ4n) is 1.47. The Bertz CT molecular complexity index is 669. The molecule has 0 fully saturated rings. The molecule has 0 spiro atoms. The van der Waals surface area contributed by atoms with Crippen LogP contribution in [-0.2, 0) is 0 Å². The second-order valence-electron chi connectivity index (χ2n) is 3.90. The summed E-state index contributed by atoms with van der Waals surface area (Å²) in [6.07, 6.45) is 0. The topological polar surface area (TPSA) is 68.3 Å². The third-order valence-electron chi connectivity index (χ3n) is 2.50. The summed E-state index contributed by atoms with van der Waals surface area (Å²) in [6, 6.07) is 3.89. The standard InChI is InChI=1S/C13H11FN2O3S/c1-7(17)10-6-20-13(15-10)16-12(18)8-3-4-11(19-2)9(14)5-8/h3-6H,1-2H3,(H,15,16,18). The maximum absolute atomic E-state index is 13.5. The van der Waals surface area contributed by atoms with E-state index in [0.29, 0.717) is 0 Å². The van der Waals surface area contributed by atoms with Crippen molar-refractivity contribution in [2.45, 2.75) is 6.92 Å². The second-order valence-corrected chi connectivity index (χ2v) is 4.76. The van der Waals surface area contributed by atoms with E-state index in [1.165, 1.54) is 26.2 Å². The Morgan fingerprint density at radius 3 is 2.70 bits per heavy atom. The number of hydrogen-bond donors (Lipinski definition) is 1. The van der Waals surface area contributed by atoms with Crippen molar-refractivity contribution in [3.05, 3.63) is 40.7 Å². The van der Waals surface area contributed by atoms with E-state index < -0.39 is 11.7 Å². The maximum Gasteiger partial charge on any atom is 0.257 e. The van der Waals surface area contributed by atoms with E-state index >= 15 is 0 Å². The monoisotopic (exact) mass is 294 g/mol. The van der Waals surface area contributed by atoms with Gasteiger partial charge in [0.25, 0.3) is 5.91 Å². The van der Waals surface area contributed by atoms with E-state index in [4.69, 9.17) is 4.74 Å². The Labute approximate surface area is 118 Å². The number of ketones is 1. The minimum Gasteiger partial charge on any atom is -0.494 e. The molecule has 2 rings (SSSR count). The lowest BCUT2D eigenvalue weighted by Crippen LogP contribution is -2.12. The molecular formula is C13H11FN2O3S. The first-order valence-corrected chi connectivity index (χ1v) is 6.50. The molecule has 1 amide bonds. The van der Waals surface area contributed by atoms with E-state index in [1.54, 1.807) is 5.38 Å². The molecule has 0 bridgehead atoms. The van der Waals surface area contributed by atoms with Crippen LogP contribution >= 0.6 is 11.3 Å². The number of nitrogens with zero attached hydrogens (tertiary/aromatic N) is 1. The lowest BCUT2D eigenvalue weighted by atomic mass is 10.2. The molecule has 0 atom stereocenters. The van der Waals surface area contributed by atoms with Gasteiger partial charge in [-0.1, -0.05) is 0 Å². The Kier molecular flexibility index (Phi) is 4.09. The van der Waals surface area contributed by atoms with Crippen molar-refractivity contribution in [1.29, 1.82) is 0 Å². The van der Waals surface area contributed by atoms with Gasteiger partial charge in [-0.3, -0.25) is 14.9 Å². The van der Waals surface area contributed by atoms with Crippen LogP contribution in [0.1, 0.15) is 27.8 Å². The van der Waals surface area contributed by atoms with Gasteiger partial charge in [-0.05, 0) is 18.2 Å². The van der Waals surface area contributed by atoms with Crippen LogP contribution in [0.15, 0.2) is 23.6 Å². The van der Waals surface area contributed by atoms with Gasteiger partial charge in [-0.2, -0.15) is 0 Å². The summed E-state index contributed by atoms with van der Waals surface area (Å²) in [4.78, 5) is 27.0. The highest BCUT2D eigenvalue weighted by Gasteiger charge is 2.13. The molecule has 0 aliphatic rings. The summed E-state index contributed by atoms with van der Waals surface area (Å²) >= 11 is 1.13. The number of hydrogen-bond acceptors (Lipinski definition) is 5. The van der Waals surface area contributed by atoms with Gasteiger partial charge in [0.2, 0.25) is 0 Å². The van der Waals surface area contributed by atoms with Crippen LogP contribution < -0.4 is 10.1 Å². The number of aromatic nitrogens is 1. The molecule has 0 saturated heterocycles. The van der Waals surface area contributed by atoms with Crippen molar-refractivity contribution in [2.24, 2.45) is 0 Å². The zero-order valence-electron chi connectivity index (χ0n) is 10.8. The summed E-state index contributed by atoms with van der Waals surface area (Å²) < 4.78 is 18.3. The molecule has 0 radical (unpaired) electrons. The summed E-state index contributed by atoms with van der Waals surface area (Å²) in [6.45, 7) is 1.39. The van der Waals surface area contributed by atoms with Crippen LogP contribution in [0.2, 0.25) is 0 Å². The summed E-state index contributed by atoms with van der Waals surface area (Å²) in [5.74, 6) is -1.24. The van der Waals surface area contributed by atoms with Crippen molar-refractivity contribution in [3.8, 4) is 5.75 Å². The van der Waals surface area contributed by atoms with Crippen LogP contribution in [0.3, 0.4) is 0 Å². The third-order valence-corrected chi connectivity index (χ3v) is 3.26. The molecule has 1 N–H and O–H groups in total. The average molecular weight is 294 g/mol. The first-order valence-electron chi connectivity index (χ1n) is 5.62. The smallest absolute Gasteiger partial charge is 0.257 e. The lowest BCUT2D eigenvalue weighted by Gasteiger charge is -2.04. The van der Waals surface area contributed by atoms with Gasteiger partial charge in [0.15, 0.2) is 22.5 Å². The van der Waals surface area contributed by atoms with E-state index in [2.05, 4.69) is 10.3 Å². The molecule has 2 aromatic rings. The largest absolute Gasteiger partial charge is 0.494 e. The Balaban J connectivity index is 2.15. The van der Waals surface area contributed by atoms with Gasteiger partial charge in [-0.15, -0.1) is 11.3 Å². The highest BCUT2D eigenvalue weighted by atomic mass is 32.1. The van der Waals surface area contributed by atoms with Crippen LogP contribution in [0, 0.1) is 5.82 Å². The molecule has 1 aromatic heterocycles. The van der Waals surface area contributed by atoms with Crippen molar-refractivity contribution >= 4 is 28.2 Å². The SMILES string of the molecule is COc1ccc(C(=O)Nc2nc(C(C)=O)cs2)cc1F. The number of nitrogens with one attached hydrogen (secondary N) is 1. The molecule has 5 nitrogen and oxygen atoms in total. The number of ether oxygens (including phenoxy) is 1. The number of benzene rings is 1. The first kappa shape index (κ1) is 14.1. The first-order chi connectivity index (χ1) is 9.51. The number of carbonyl (C=O) groups is 2. The van der Waals surface area contributed by atoms with Gasteiger partial charge in [0.1, 0.15) is 5.69 Å². The quantitative estimate of drug-likeness (QED) is 0.880. The summed E-state index contributed by atoms with van der Waals surface area (Å²) in [5.41, 5.74) is 0.425. The zero-order valence-corrected chi connectivity index (χ0v) is 11.6. The second kappa shape index (κ2) is 5.79. The highest BCUT2D eigenvalue weighted by molar-refractivity contribution is 7.14. The van der Waals surface area contributed by atoms with Gasteiger partial charge < -0.3 is 4.74 Å². The fourth-order valence-corrected chi connectivity index (χ4v) is 2.21. The minimum atomic E-state index is -0.622. The van der Waals surface area contributed by atoms with Gasteiger partial charge in [0, 0.05) is 17.9 Å². The van der Waals surface area contributed by atoms with Gasteiger partial charge in [-0.25, -0.2) is 9.37 Å². The molecule has 0 aliphatic carbocycles. The number of amides is 1. The molecule has 0 aliphatic heterocycles. The average Bonchev–Trinajstić information content (AvgIpc) is 2.87. The molecule has 20 heavy (non-hydrogen) atoms. The fraction of sp³-hybridized carbons (Fsp3) is 0.154.